The number of ether oxygens (including phenoxy) is 1. The van der Waals surface area contributed by atoms with Crippen molar-refractivity contribution in [1.29, 1.82) is 0 Å². The van der Waals surface area contributed by atoms with Crippen molar-refractivity contribution in [1.82, 2.24) is 19.6 Å². The molecule has 0 atom stereocenters. The third kappa shape index (κ3) is 4.30. The number of amides is 1. The summed E-state index contributed by atoms with van der Waals surface area (Å²) in [5.74, 6) is 0.662. The topological polar surface area (TPSA) is 102 Å². The van der Waals surface area contributed by atoms with Crippen LogP contribution in [0.4, 0.5) is 0 Å². The number of aryl methyl sites for hydroxylation is 1. The fourth-order valence-electron chi connectivity index (χ4n) is 2.95. The third-order valence-corrected chi connectivity index (χ3v) is 5.88. The molecular weight excluding hydrogens is 392 g/mol. The van der Waals surface area contributed by atoms with Crippen molar-refractivity contribution < 1.29 is 17.9 Å². The minimum absolute atomic E-state index is 0.0202. The predicted octanol–water partition coefficient (Wildman–Crippen LogP) is 2.03. The van der Waals surface area contributed by atoms with Crippen LogP contribution in [0.1, 0.15) is 21.7 Å². The van der Waals surface area contributed by atoms with Crippen LogP contribution >= 0.6 is 0 Å². The van der Waals surface area contributed by atoms with E-state index < -0.39 is 15.9 Å². The maximum Gasteiger partial charge on any atom is 0.254 e. The molecule has 2 aromatic carbocycles. The van der Waals surface area contributed by atoms with E-state index in [0.717, 1.165) is 17.1 Å². The maximum atomic E-state index is 12.8. The van der Waals surface area contributed by atoms with E-state index in [1.165, 1.54) is 32.4 Å². The first-order valence-corrected chi connectivity index (χ1v) is 10.3. The lowest BCUT2D eigenvalue weighted by Gasteiger charge is -2.14. The molecule has 29 heavy (non-hydrogen) atoms. The highest BCUT2D eigenvalue weighted by Gasteiger charge is 2.20. The van der Waals surface area contributed by atoms with Crippen molar-refractivity contribution in [3.8, 4) is 11.4 Å². The molecule has 0 saturated heterocycles. The molecule has 0 fully saturated rings. The number of hydrogen-bond acceptors (Lipinski definition) is 5. The van der Waals surface area contributed by atoms with Crippen LogP contribution in [-0.2, 0) is 16.6 Å². The molecule has 0 spiro atoms. The van der Waals surface area contributed by atoms with Crippen LogP contribution in [0.15, 0.2) is 59.8 Å². The van der Waals surface area contributed by atoms with Crippen molar-refractivity contribution in [3.05, 3.63) is 71.8 Å². The van der Waals surface area contributed by atoms with E-state index in [2.05, 4.69) is 15.0 Å². The number of carbonyl (C=O) groups excluding carboxylic acids is 1. The highest BCUT2D eigenvalue weighted by Crippen LogP contribution is 2.23. The fourth-order valence-corrected chi connectivity index (χ4v) is 3.98. The largest absolute Gasteiger partial charge is 0.496 e. The van der Waals surface area contributed by atoms with Gasteiger partial charge >= 0.3 is 0 Å². The van der Waals surface area contributed by atoms with Gasteiger partial charge in [0.1, 0.15) is 11.6 Å². The Balaban J connectivity index is 1.89. The number of benzene rings is 2. The van der Waals surface area contributed by atoms with Crippen LogP contribution in [0.25, 0.3) is 5.69 Å². The second kappa shape index (κ2) is 8.46. The number of nitrogens with zero attached hydrogens (tertiary/aromatic N) is 2. The summed E-state index contributed by atoms with van der Waals surface area (Å²) < 4.78 is 35.3. The molecule has 8 nitrogen and oxygen atoms in total. The average Bonchev–Trinajstić information content (AvgIpc) is 3.17. The first-order chi connectivity index (χ1) is 13.9. The van der Waals surface area contributed by atoms with Gasteiger partial charge in [0.2, 0.25) is 10.0 Å². The smallest absolute Gasteiger partial charge is 0.254 e. The fraction of sp³-hybridized carbons (Fsp3) is 0.200. The first-order valence-electron chi connectivity index (χ1n) is 8.85. The van der Waals surface area contributed by atoms with Gasteiger partial charge in [0.25, 0.3) is 5.91 Å². The number of nitrogens with one attached hydrogen (secondary N) is 2. The zero-order chi connectivity index (χ0) is 21.0. The van der Waals surface area contributed by atoms with Crippen molar-refractivity contribution in [2.75, 3.05) is 14.2 Å². The molecule has 1 heterocycles. The van der Waals surface area contributed by atoms with Crippen LogP contribution < -0.4 is 14.8 Å². The minimum Gasteiger partial charge on any atom is -0.496 e. The normalized spacial score (nSPS) is 11.3. The summed E-state index contributed by atoms with van der Waals surface area (Å²) in [4.78, 5) is 16.2. The van der Waals surface area contributed by atoms with Crippen LogP contribution in [0.5, 0.6) is 5.75 Å². The van der Waals surface area contributed by atoms with Crippen molar-refractivity contribution in [2.24, 2.45) is 0 Å². The summed E-state index contributed by atoms with van der Waals surface area (Å²) in [7, 11) is -0.965. The molecule has 2 N–H and O–H groups in total. The number of methoxy groups -OCH3 is 1. The Kier molecular flexibility index (Phi) is 6.00. The lowest BCUT2D eigenvalue weighted by molar-refractivity contribution is 0.0960. The van der Waals surface area contributed by atoms with Gasteiger partial charge in [0.05, 0.1) is 23.3 Å². The first kappa shape index (κ1) is 20.6. The summed E-state index contributed by atoms with van der Waals surface area (Å²) in [6.07, 6.45) is 3.51. The second-order valence-electron chi connectivity index (χ2n) is 6.24. The zero-order valence-corrected chi connectivity index (χ0v) is 17.2. The molecule has 152 valence electrons. The lowest BCUT2D eigenvalue weighted by Crippen LogP contribution is -2.25. The van der Waals surface area contributed by atoms with Crippen molar-refractivity contribution >= 4 is 15.9 Å². The number of hydrogen-bond donors (Lipinski definition) is 2. The molecule has 1 amide bonds. The Labute approximate surface area is 169 Å². The van der Waals surface area contributed by atoms with Crippen LogP contribution in [0.3, 0.4) is 0 Å². The number of aromatic nitrogens is 2. The molecule has 0 bridgehead atoms. The van der Waals surface area contributed by atoms with Crippen LogP contribution in [-0.4, -0.2) is 38.0 Å². The van der Waals surface area contributed by atoms with E-state index in [1.54, 1.807) is 6.20 Å². The summed E-state index contributed by atoms with van der Waals surface area (Å²) in [5.41, 5.74) is 1.77. The van der Waals surface area contributed by atoms with E-state index >= 15 is 0 Å². The monoisotopic (exact) mass is 414 g/mol. The Morgan fingerprint density at radius 1 is 1.21 bits per heavy atom. The van der Waals surface area contributed by atoms with Crippen molar-refractivity contribution in [2.45, 2.75) is 18.4 Å². The van der Waals surface area contributed by atoms with E-state index in [4.69, 9.17) is 4.74 Å². The SMILES string of the molecule is CNC(=O)c1cc(S(=O)(=O)NCc2ccccc2-n2ccnc2C)ccc1OC. The zero-order valence-electron chi connectivity index (χ0n) is 16.3. The van der Waals surface area contributed by atoms with Crippen molar-refractivity contribution in [3.63, 3.8) is 0 Å². The van der Waals surface area contributed by atoms with Gasteiger partial charge in [-0.15, -0.1) is 0 Å². The average molecular weight is 414 g/mol. The standard InChI is InChI=1S/C20H22N4O4S/c1-14-22-10-11-24(14)18-7-5-4-6-15(18)13-23-29(26,27)16-8-9-19(28-3)17(12-16)20(25)21-2/h4-12,23H,13H2,1-3H3,(H,21,25). The highest BCUT2D eigenvalue weighted by atomic mass is 32.2. The van der Waals surface area contributed by atoms with Gasteiger partial charge in [0.15, 0.2) is 0 Å². The summed E-state index contributed by atoms with van der Waals surface area (Å²) >= 11 is 0. The van der Waals surface area contributed by atoms with Gasteiger partial charge in [-0.3, -0.25) is 4.79 Å². The molecule has 0 aliphatic carbocycles. The molecule has 1 aromatic heterocycles. The maximum absolute atomic E-state index is 12.8. The Hall–Kier alpha value is -3.17. The lowest BCUT2D eigenvalue weighted by atomic mass is 10.2. The number of rotatable bonds is 7. The van der Waals surface area contributed by atoms with E-state index in [1.807, 2.05) is 42.0 Å². The number of sulfonamides is 1. The molecule has 0 aliphatic rings. The van der Waals surface area contributed by atoms with Gasteiger partial charge in [-0.2, -0.15) is 0 Å². The molecule has 3 aromatic rings. The molecule has 0 radical (unpaired) electrons. The van der Waals surface area contributed by atoms with Crippen LogP contribution in [0.2, 0.25) is 0 Å². The van der Waals surface area contributed by atoms with Crippen LogP contribution in [0, 0.1) is 6.92 Å². The van der Waals surface area contributed by atoms with Gasteiger partial charge in [-0.25, -0.2) is 18.1 Å². The van der Waals surface area contributed by atoms with E-state index in [-0.39, 0.29) is 17.0 Å². The predicted molar refractivity (Wildman–Crippen MR) is 109 cm³/mol. The molecule has 0 aliphatic heterocycles. The number of imidazole rings is 1. The Morgan fingerprint density at radius 2 is 1.97 bits per heavy atom. The second-order valence-corrected chi connectivity index (χ2v) is 8.01. The summed E-state index contributed by atoms with van der Waals surface area (Å²) in [5, 5.41) is 2.48. The minimum atomic E-state index is -3.85. The van der Waals surface area contributed by atoms with Gasteiger partial charge in [-0.05, 0) is 36.8 Å². The molecule has 9 heteroatoms. The number of carbonyl (C=O) groups is 1. The Bertz CT molecular complexity index is 1140. The van der Waals surface area contributed by atoms with Gasteiger partial charge < -0.3 is 14.6 Å². The van der Waals surface area contributed by atoms with Gasteiger partial charge in [-0.1, -0.05) is 18.2 Å². The molecule has 3 rings (SSSR count). The summed E-state index contributed by atoms with van der Waals surface area (Å²) in [6, 6.07) is 11.6. The quantitative estimate of drug-likeness (QED) is 0.616. The molecule has 0 saturated carbocycles. The van der Waals surface area contributed by atoms with E-state index in [9.17, 15) is 13.2 Å². The van der Waals surface area contributed by atoms with Gasteiger partial charge in [0, 0.05) is 26.0 Å². The molecular formula is C20H22N4O4S. The number of para-hydroxylation sites is 1. The van der Waals surface area contributed by atoms with E-state index in [0.29, 0.717) is 5.75 Å². The third-order valence-electron chi connectivity index (χ3n) is 4.48. The summed E-state index contributed by atoms with van der Waals surface area (Å²) in [6.45, 7) is 1.95. The Morgan fingerprint density at radius 3 is 2.62 bits per heavy atom. The highest BCUT2D eigenvalue weighted by molar-refractivity contribution is 7.89. The molecule has 0 unspecified atom stereocenters.